The SMILES string of the molecule is Cc1nc2ccc(S(=O)(=O)NC(CC(C)C)C(=O)N3CCN(c4ccccn4)CC3)cc2s1. The molecule has 0 bridgehead atoms. The van der Waals surface area contributed by atoms with E-state index in [-0.39, 0.29) is 16.7 Å². The summed E-state index contributed by atoms with van der Waals surface area (Å²) in [6.45, 7) is 8.23. The lowest BCUT2D eigenvalue weighted by atomic mass is 10.0. The molecule has 1 aliphatic heterocycles. The van der Waals surface area contributed by atoms with Gasteiger partial charge in [0, 0.05) is 32.4 Å². The number of anilines is 1. The number of hydrogen-bond donors (Lipinski definition) is 1. The summed E-state index contributed by atoms with van der Waals surface area (Å²) >= 11 is 1.45. The van der Waals surface area contributed by atoms with Crippen LogP contribution < -0.4 is 9.62 Å². The third-order valence-corrected chi connectivity index (χ3v) is 8.05. The van der Waals surface area contributed by atoms with Crippen LogP contribution in [-0.4, -0.2) is 61.4 Å². The molecule has 8 nitrogen and oxygen atoms in total. The van der Waals surface area contributed by atoms with Crippen LogP contribution in [0.3, 0.4) is 0 Å². The molecule has 4 rings (SSSR count). The number of benzene rings is 1. The van der Waals surface area contributed by atoms with Crippen molar-refractivity contribution in [1.29, 1.82) is 0 Å². The van der Waals surface area contributed by atoms with E-state index >= 15 is 0 Å². The standard InChI is InChI=1S/C23H29N5O3S2/c1-16(2)14-20(23(29)28-12-10-27(11-13-28)22-6-4-5-9-24-22)26-33(30,31)18-7-8-19-21(15-18)32-17(3)25-19/h4-9,15-16,20,26H,10-14H2,1-3H3. The second-order valence-electron chi connectivity index (χ2n) is 8.67. The quantitative estimate of drug-likeness (QED) is 0.550. The fraction of sp³-hybridized carbons (Fsp3) is 0.435. The second-order valence-corrected chi connectivity index (χ2v) is 11.6. The summed E-state index contributed by atoms with van der Waals surface area (Å²) in [7, 11) is -3.86. The summed E-state index contributed by atoms with van der Waals surface area (Å²) in [6.07, 6.45) is 2.19. The van der Waals surface area contributed by atoms with Crippen LogP contribution in [0.4, 0.5) is 5.82 Å². The van der Waals surface area contributed by atoms with Gasteiger partial charge in [-0.15, -0.1) is 11.3 Å². The van der Waals surface area contributed by atoms with E-state index in [1.54, 1.807) is 29.3 Å². The minimum Gasteiger partial charge on any atom is -0.353 e. The maximum absolute atomic E-state index is 13.4. The first-order chi connectivity index (χ1) is 15.7. The van der Waals surface area contributed by atoms with Gasteiger partial charge in [-0.3, -0.25) is 4.79 Å². The molecule has 1 N–H and O–H groups in total. The van der Waals surface area contributed by atoms with Crippen molar-refractivity contribution in [2.45, 2.75) is 38.1 Å². The number of nitrogens with one attached hydrogen (secondary N) is 1. The van der Waals surface area contributed by atoms with Gasteiger partial charge in [0.15, 0.2) is 0 Å². The molecular formula is C23H29N5O3S2. The maximum Gasteiger partial charge on any atom is 0.241 e. The minimum atomic E-state index is -3.86. The summed E-state index contributed by atoms with van der Waals surface area (Å²) < 4.78 is 29.9. The van der Waals surface area contributed by atoms with Crippen molar-refractivity contribution in [3.63, 3.8) is 0 Å². The van der Waals surface area contributed by atoms with Gasteiger partial charge in [-0.05, 0) is 49.6 Å². The molecule has 1 unspecified atom stereocenters. The van der Waals surface area contributed by atoms with Crippen LogP contribution >= 0.6 is 11.3 Å². The molecule has 2 aromatic heterocycles. The zero-order valence-electron chi connectivity index (χ0n) is 19.1. The Balaban J connectivity index is 1.48. The Bertz CT molecular complexity index is 1220. The van der Waals surface area contributed by atoms with E-state index in [4.69, 9.17) is 0 Å². The van der Waals surface area contributed by atoms with Gasteiger partial charge in [0.25, 0.3) is 0 Å². The van der Waals surface area contributed by atoms with Crippen molar-refractivity contribution in [1.82, 2.24) is 19.6 Å². The number of amides is 1. The molecular weight excluding hydrogens is 458 g/mol. The number of rotatable bonds is 7. The van der Waals surface area contributed by atoms with Crippen molar-refractivity contribution in [2.75, 3.05) is 31.1 Å². The molecule has 1 aliphatic rings. The van der Waals surface area contributed by atoms with Gasteiger partial charge >= 0.3 is 0 Å². The highest BCUT2D eigenvalue weighted by molar-refractivity contribution is 7.89. The first-order valence-corrected chi connectivity index (χ1v) is 13.4. The first kappa shape index (κ1) is 23.6. The van der Waals surface area contributed by atoms with E-state index in [2.05, 4.69) is 19.6 Å². The number of carbonyl (C=O) groups excluding carboxylic acids is 1. The van der Waals surface area contributed by atoms with Crippen LogP contribution in [0.2, 0.25) is 0 Å². The molecule has 0 radical (unpaired) electrons. The van der Waals surface area contributed by atoms with E-state index in [0.29, 0.717) is 32.6 Å². The van der Waals surface area contributed by atoms with Crippen LogP contribution in [0.5, 0.6) is 0 Å². The van der Waals surface area contributed by atoms with Crippen molar-refractivity contribution >= 4 is 43.3 Å². The fourth-order valence-electron chi connectivity index (χ4n) is 4.03. The molecule has 0 saturated carbocycles. The van der Waals surface area contributed by atoms with E-state index < -0.39 is 16.1 Å². The molecule has 1 aromatic carbocycles. The van der Waals surface area contributed by atoms with Gasteiger partial charge in [0.1, 0.15) is 11.9 Å². The van der Waals surface area contributed by atoms with E-state index in [1.807, 2.05) is 39.0 Å². The third-order valence-electron chi connectivity index (χ3n) is 5.64. The number of hydrogen-bond acceptors (Lipinski definition) is 7. The number of carbonyl (C=O) groups is 1. The lowest BCUT2D eigenvalue weighted by Gasteiger charge is -2.37. The Kier molecular flexibility index (Phi) is 6.96. The second kappa shape index (κ2) is 9.74. The molecule has 0 spiro atoms. The summed E-state index contributed by atoms with van der Waals surface area (Å²) in [5, 5.41) is 0.880. The smallest absolute Gasteiger partial charge is 0.241 e. The summed E-state index contributed by atoms with van der Waals surface area (Å²) in [5.74, 6) is 0.864. The fourth-order valence-corrected chi connectivity index (χ4v) is 6.20. The van der Waals surface area contributed by atoms with E-state index in [0.717, 1.165) is 21.0 Å². The third kappa shape index (κ3) is 5.51. The van der Waals surface area contributed by atoms with Crippen LogP contribution in [-0.2, 0) is 14.8 Å². The van der Waals surface area contributed by atoms with Gasteiger partial charge in [0.05, 0.1) is 20.1 Å². The largest absolute Gasteiger partial charge is 0.353 e. The van der Waals surface area contributed by atoms with Crippen molar-refractivity contribution in [2.24, 2.45) is 5.92 Å². The number of nitrogens with zero attached hydrogens (tertiary/aromatic N) is 4. The first-order valence-electron chi connectivity index (χ1n) is 11.1. The number of piperazine rings is 1. The van der Waals surface area contributed by atoms with Crippen LogP contribution in [0.1, 0.15) is 25.3 Å². The highest BCUT2D eigenvalue weighted by atomic mass is 32.2. The molecule has 1 fully saturated rings. The van der Waals surface area contributed by atoms with Crippen molar-refractivity contribution in [3.05, 3.63) is 47.6 Å². The van der Waals surface area contributed by atoms with Crippen LogP contribution in [0.15, 0.2) is 47.5 Å². The zero-order chi connectivity index (χ0) is 23.6. The summed E-state index contributed by atoms with van der Waals surface area (Å²) in [6, 6.07) is 9.85. The molecule has 33 heavy (non-hydrogen) atoms. The number of fused-ring (bicyclic) bond motifs is 1. The molecule has 1 saturated heterocycles. The number of aromatic nitrogens is 2. The zero-order valence-corrected chi connectivity index (χ0v) is 20.7. The normalized spacial score (nSPS) is 15.9. The number of pyridine rings is 1. The highest BCUT2D eigenvalue weighted by Crippen LogP contribution is 2.25. The van der Waals surface area contributed by atoms with Crippen LogP contribution in [0, 0.1) is 12.8 Å². The average molecular weight is 488 g/mol. The molecule has 3 aromatic rings. The Labute approximate surface area is 198 Å². The van der Waals surface area contributed by atoms with Gasteiger partial charge in [0.2, 0.25) is 15.9 Å². The lowest BCUT2D eigenvalue weighted by molar-refractivity contribution is -0.133. The Hall–Kier alpha value is -2.56. The van der Waals surface area contributed by atoms with E-state index in [1.165, 1.54) is 11.3 Å². The van der Waals surface area contributed by atoms with Crippen LogP contribution in [0.25, 0.3) is 10.2 Å². The van der Waals surface area contributed by atoms with Gasteiger partial charge < -0.3 is 9.80 Å². The Morgan fingerprint density at radius 3 is 2.58 bits per heavy atom. The highest BCUT2D eigenvalue weighted by Gasteiger charge is 2.32. The van der Waals surface area contributed by atoms with Gasteiger partial charge in [-0.25, -0.2) is 18.4 Å². The molecule has 1 amide bonds. The van der Waals surface area contributed by atoms with Gasteiger partial charge in [-0.2, -0.15) is 4.72 Å². The number of aryl methyl sites for hydroxylation is 1. The maximum atomic E-state index is 13.4. The summed E-state index contributed by atoms with van der Waals surface area (Å²) in [5.41, 5.74) is 0.775. The predicted octanol–water partition coefficient (Wildman–Crippen LogP) is 3.04. The summed E-state index contributed by atoms with van der Waals surface area (Å²) in [4.78, 5) is 26.2. The molecule has 0 aliphatic carbocycles. The number of sulfonamides is 1. The predicted molar refractivity (Wildman–Crippen MR) is 131 cm³/mol. The van der Waals surface area contributed by atoms with E-state index in [9.17, 15) is 13.2 Å². The molecule has 1 atom stereocenters. The minimum absolute atomic E-state index is 0.153. The average Bonchev–Trinajstić information content (AvgIpc) is 3.17. The topological polar surface area (TPSA) is 95.5 Å². The molecule has 10 heteroatoms. The number of thiazole rings is 1. The Morgan fingerprint density at radius 1 is 1.15 bits per heavy atom. The monoisotopic (exact) mass is 487 g/mol. The van der Waals surface area contributed by atoms with Crippen molar-refractivity contribution in [3.8, 4) is 0 Å². The van der Waals surface area contributed by atoms with Crippen molar-refractivity contribution < 1.29 is 13.2 Å². The molecule has 176 valence electrons. The Morgan fingerprint density at radius 2 is 1.91 bits per heavy atom. The molecule has 3 heterocycles. The lowest BCUT2D eigenvalue weighted by Crippen LogP contribution is -2.55. The van der Waals surface area contributed by atoms with Gasteiger partial charge in [-0.1, -0.05) is 19.9 Å².